The maximum atomic E-state index is 13.6. The van der Waals surface area contributed by atoms with Gasteiger partial charge in [0.25, 0.3) is 0 Å². The number of aliphatic imine (C=N–C) groups is 1. The van der Waals surface area contributed by atoms with Crippen molar-refractivity contribution in [2.24, 2.45) is 4.99 Å². The van der Waals surface area contributed by atoms with Gasteiger partial charge in [0.15, 0.2) is 0 Å². The summed E-state index contributed by atoms with van der Waals surface area (Å²) in [6.07, 6.45) is 2.13. The number of rotatable bonds is 7. The number of aromatic hydroxyl groups is 2. The molecule has 1 aliphatic rings. The molecule has 0 bridgehead atoms. The molecule has 2 N–H and O–H groups in total. The summed E-state index contributed by atoms with van der Waals surface area (Å²) in [6, 6.07) is 16.3. The number of urea groups is 1. The Labute approximate surface area is 210 Å². The highest BCUT2D eigenvalue weighted by molar-refractivity contribution is 6.13. The van der Waals surface area contributed by atoms with E-state index in [9.17, 15) is 15.0 Å². The first-order valence-corrected chi connectivity index (χ1v) is 11.6. The Morgan fingerprint density at radius 2 is 1.69 bits per heavy atom. The predicted molar refractivity (Wildman–Crippen MR) is 141 cm³/mol. The van der Waals surface area contributed by atoms with Crippen molar-refractivity contribution in [2.45, 2.75) is 31.7 Å². The van der Waals surface area contributed by atoms with E-state index in [1.54, 1.807) is 54.5 Å². The number of benzene rings is 3. The van der Waals surface area contributed by atoms with E-state index < -0.39 is 17.5 Å². The Balaban J connectivity index is 1.95. The van der Waals surface area contributed by atoms with E-state index in [4.69, 9.17) is 9.47 Å². The van der Waals surface area contributed by atoms with Crippen molar-refractivity contribution in [3.63, 3.8) is 0 Å². The van der Waals surface area contributed by atoms with Gasteiger partial charge in [0.2, 0.25) is 0 Å². The molecule has 3 aromatic rings. The average molecular weight is 487 g/mol. The quantitative estimate of drug-likeness (QED) is 0.392. The number of phenolic OH excluding ortho intramolecular Hbond substituents is 2. The number of hydrogen-bond donors (Lipinski definition) is 2. The molecule has 1 aliphatic heterocycles. The molecule has 0 spiro atoms. The number of para-hydroxylation sites is 2. The fourth-order valence-corrected chi connectivity index (χ4v) is 4.46. The first-order chi connectivity index (χ1) is 17.2. The van der Waals surface area contributed by atoms with Gasteiger partial charge in [-0.15, -0.1) is 6.58 Å². The number of hydrogen-bond acceptors (Lipinski definition) is 5. The predicted octanol–water partition coefficient (Wildman–Crippen LogP) is 6.14. The highest BCUT2D eigenvalue weighted by atomic mass is 16.5. The summed E-state index contributed by atoms with van der Waals surface area (Å²) in [5.74, 6) is 1.19. The number of allylic oxidation sites excluding steroid dienone is 1. The third-order valence-corrected chi connectivity index (χ3v) is 6.59. The van der Waals surface area contributed by atoms with Crippen LogP contribution >= 0.6 is 0 Å². The van der Waals surface area contributed by atoms with E-state index in [2.05, 4.69) is 11.6 Å². The number of amides is 2. The van der Waals surface area contributed by atoms with E-state index in [0.717, 1.165) is 5.56 Å². The second kappa shape index (κ2) is 9.77. The van der Waals surface area contributed by atoms with E-state index >= 15 is 0 Å². The normalized spacial score (nSPS) is 15.9. The summed E-state index contributed by atoms with van der Waals surface area (Å²) in [6.45, 7) is 7.84. The van der Waals surface area contributed by atoms with E-state index in [1.807, 2.05) is 38.1 Å². The molecule has 1 heterocycles. The molecule has 1 unspecified atom stereocenters. The maximum Gasteiger partial charge on any atom is 0.348 e. The van der Waals surface area contributed by atoms with Crippen molar-refractivity contribution in [1.29, 1.82) is 0 Å². The summed E-state index contributed by atoms with van der Waals surface area (Å²) in [5.41, 5.74) is 2.72. The van der Waals surface area contributed by atoms with E-state index in [-0.39, 0.29) is 11.5 Å². The van der Waals surface area contributed by atoms with Gasteiger partial charge in [0.1, 0.15) is 23.0 Å². The number of carbonyl (C=O) groups is 1. The smallest absolute Gasteiger partial charge is 0.348 e. The van der Waals surface area contributed by atoms with Gasteiger partial charge >= 0.3 is 6.03 Å². The Kier molecular flexibility index (Phi) is 6.75. The van der Waals surface area contributed by atoms with Crippen molar-refractivity contribution in [2.75, 3.05) is 19.1 Å². The van der Waals surface area contributed by atoms with Crippen molar-refractivity contribution in [3.8, 4) is 23.0 Å². The molecule has 0 fully saturated rings. The first kappa shape index (κ1) is 24.9. The minimum absolute atomic E-state index is 0.0823. The fraction of sp³-hybridized carbons (Fsp3) is 0.241. The SMILES string of the molecule is C=CC(C)(C)c1cc(C2CC(c3ccc(O)cc3)=NC(=O)N2c2ccccc2OC)c(OC)cc1O. The molecular weight excluding hydrogens is 456 g/mol. The van der Waals surface area contributed by atoms with Gasteiger partial charge in [0.05, 0.1) is 31.7 Å². The number of ether oxygens (including phenoxy) is 2. The van der Waals surface area contributed by atoms with Crippen molar-refractivity contribution >= 4 is 17.4 Å². The van der Waals surface area contributed by atoms with Crippen LogP contribution in [0.1, 0.15) is 43.0 Å². The van der Waals surface area contributed by atoms with Crippen LogP contribution in [0.25, 0.3) is 0 Å². The van der Waals surface area contributed by atoms with E-state index in [0.29, 0.717) is 40.4 Å². The van der Waals surface area contributed by atoms with Gasteiger partial charge < -0.3 is 19.7 Å². The molecule has 186 valence electrons. The summed E-state index contributed by atoms with van der Waals surface area (Å²) in [7, 11) is 3.09. The van der Waals surface area contributed by atoms with Crippen LogP contribution in [0.15, 0.2) is 78.3 Å². The highest BCUT2D eigenvalue weighted by Crippen LogP contribution is 2.45. The van der Waals surface area contributed by atoms with Gasteiger partial charge in [0, 0.05) is 29.0 Å². The number of nitrogens with zero attached hydrogens (tertiary/aromatic N) is 2. The number of methoxy groups -OCH3 is 2. The highest BCUT2D eigenvalue weighted by Gasteiger charge is 2.37. The standard InChI is InChI=1S/C29H30N2O5/c1-6-29(2,3)21-15-20(27(36-5)17-25(21)33)24-16-22(18-11-13-19(32)14-12-18)30-28(34)31(24)23-9-7-8-10-26(23)35-4/h6-15,17,24,32-33H,1,16H2,2-5H3. The largest absolute Gasteiger partial charge is 0.508 e. The molecule has 3 aromatic carbocycles. The minimum Gasteiger partial charge on any atom is -0.508 e. The number of anilines is 1. The van der Waals surface area contributed by atoms with Crippen LogP contribution in [0.3, 0.4) is 0 Å². The molecule has 7 heteroatoms. The average Bonchev–Trinajstić information content (AvgIpc) is 2.88. The van der Waals surface area contributed by atoms with Gasteiger partial charge in [-0.1, -0.05) is 32.1 Å². The van der Waals surface area contributed by atoms with Crippen molar-refractivity contribution < 1.29 is 24.5 Å². The monoisotopic (exact) mass is 486 g/mol. The number of carbonyl (C=O) groups excluding carboxylic acids is 1. The molecule has 0 aliphatic carbocycles. The van der Waals surface area contributed by atoms with Crippen LogP contribution in [-0.4, -0.2) is 36.2 Å². The summed E-state index contributed by atoms with van der Waals surface area (Å²) in [5, 5.41) is 20.5. The molecule has 0 radical (unpaired) electrons. The molecule has 2 amide bonds. The van der Waals surface area contributed by atoms with Crippen LogP contribution in [0.2, 0.25) is 0 Å². The van der Waals surface area contributed by atoms with E-state index in [1.165, 1.54) is 7.11 Å². The Morgan fingerprint density at radius 1 is 1.03 bits per heavy atom. The lowest BCUT2D eigenvalue weighted by molar-refractivity contribution is 0.250. The Hall–Kier alpha value is -4.26. The molecule has 4 rings (SSSR count). The third-order valence-electron chi connectivity index (χ3n) is 6.59. The van der Waals surface area contributed by atoms with Crippen LogP contribution in [-0.2, 0) is 5.41 Å². The Morgan fingerprint density at radius 3 is 2.33 bits per heavy atom. The topological polar surface area (TPSA) is 91.6 Å². The van der Waals surface area contributed by atoms with Gasteiger partial charge in [-0.3, -0.25) is 4.90 Å². The van der Waals surface area contributed by atoms with Gasteiger partial charge in [-0.05, 0) is 48.0 Å². The second-order valence-corrected chi connectivity index (χ2v) is 9.19. The minimum atomic E-state index is -0.535. The summed E-state index contributed by atoms with van der Waals surface area (Å²) < 4.78 is 11.3. The van der Waals surface area contributed by atoms with Gasteiger partial charge in [-0.25, -0.2) is 4.79 Å². The van der Waals surface area contributed by atoms with Crippen LogP contribution in [0, 0.1) is 0 Å². The lowest BCUT2D eigenvalue weighted by Gasteiger charge is -2.36. The Bertz CT molecular complexity index is 1330. The zero-order valence-corrected chi connectivity index (χ0v) is 20.9. The second-order valence-electron chi connectivity index (χ2n) is 9.19. The summed E-state index contributed by atoms with van der Waals surface area (Å²) >= 11 is 0. The zero-order valence-electron chi connectivity index (χ0n) is 20.9. The third kappa shape index (κ3) is 4.52. The lowest BCUT2D eigenvalue weighted by Crippen LogP contribution is -2.39. The molecule has 0 saturated carbocycles. The first-order valence-electron chi connectivity index (χ1n) is 11.6. The van der Waals surface area contributed by atoms with Crippen molar-refractivity contribution in [1.82, 2.24) is 0 Å². The molecule has 0 saturated heterocycles. The maximum absolute atomic E-state index is 13.6. The molecule has 0 aromatic heterocycles. The molecule has 36 heavy (non-hydrogen) atoms. The lowest BCUT2D eigenvalue weighted by atomic mass is 9.81. The summed E-state index contributed by atoms with van der Waals surface area (Å²) in [4.78, 5) is 19.6. The van der Waals surface area contributed by atoms with Crippen LogP contribution in [0.4, 0.5) is 10.5 Å². The molecule has 7 nitrogen and oxygen atoms in total. The van der Waals surface area contributed by atoms with Crippen LogP contribution in [0.5, 0.6) is 23.0 Å². The van der Waals surface area contributed by atoms with Crippen molar-refractivity contribution in [3.05, 3.63) is 90.0 Å². The van der Waals surface area contributed by atoms with Crippen LogP contribution < -0.4 is 14.4 Å². The number of phenols is 2. The van der Waals surface area contributed by atoms with Gasteiger partial charge in [-0.2, -0.15) is 4.99 Å². The zero-order chi connectivity index (χ0) is 26.0. The fourth-order valence-electron chi connectivity index (χ4n) is 4.46. The molecular formula is C29H30N2O5. The molecule has 1 atom stereocenters.